The van der Waals surface area contributed by atoms with E-state index in [-0.39, 0.29) is 23.8 Å². The molecule has 1 aliphatic rings. The van der Waals surface area contributed by atoms with Crippen molar-refractivity contribution in [2.24, 2.45) is 0 Å². The van der Waals surface area contributed by atoms with Crippen molar-refractivity contribution in [2.45, 2.75) is 26.8 Å². The van der Waals surface area contributed by atoms with E-state index >= 15 is 0 Å². The van der Waals surface area contributed by atoms with Crippen molar-refractivity contribution in [3.05, 3.63) is 87.7 Å². The molecule has 0 radical (unpaired) electrons. The number of nitrogens with zero attached hydrogens (tertiary/aromatic N) is 1. The maximum atomic E-state index is 13.0. The molecule has 3 aromatic rings. The molecule has 8 heteroatoms. The SMILES string of the molecule is Cc1[nH]c(/C=C2\C(=O)Nc3ccc(C(=O)N[C@H](C)c4ccccc4)cc32)c(C)c1C(=O)NCCN(C)C. The van der Waals surface area contributed by atoms with Crippen LogP contribution in [0.25, 0.3) is 11.6 Å². The predicted molar refractivity (Wildman–Crippen MR) is 146 cm³/mol. The Bertz CT molecular complexity index is 1370. The monoisotopic (exact) mass is 499 g/mol. The lowest BCUT2D eigenvalue weighted by Gasteiger charge is -2.14. The number of benzene rings is 2. The summed E-state index contributed by atoms with van der Waals surface area (Å²) in [7, 11) is 3.90. The van der Waals surface area contributed by atoms with Crippen molar-refractivity contribution in [3.63, 3.8) is 0 Å². The van der Waals surface area contributed by atoms with Gasteiger partial charge in [-0.1, -0.05) is 30.3 Å². The van der Waals surface area contributed by atoms with Crippen LogP contribution in [0.2, 0.25) is 0 Å². The number of anilines is 1. The molecule has 37 heavy (non-hydrogen) atoms. The Hall–Kier alpha value is -4.17. The van der Waals surface area contributed by atoms with Gasteiger partial charge in [-0.05, 0) is 70.3 Å². The standard InChI is InChI=1S/C29H33N5O3/c1-17-25(31-19(3)26(17)29(37)30-13-14-34(4)5)16-23-22-15-21(11-12-24(22)33-28(23)36)27(35)32-18(2)20-9-7-6-8-10-20/h6-12,15-16,18,31H,13-14H2,1-5H3,(H,30,37)(H,32,35)(H,33,36)/b23-16-/t18-/m1/s1. The first-order valence-electron chi connectivity index (χ1n) is 12.3. The zero-order chi connectivity index (χ0) is 26.7. The number of carbonyl (C=O) groups is 3. The quantitative estimate of drug-likeness (QED) is 0.353. The summed E-state index contributed by atoms with van der Waals surface area (Å²) in [5.74, 6) is -0.629. The fourth-order valence-electron chi connectivity index (χ4n) is 4.46. The zero-order valence-corrected chi connectivity index (χ0v) is 21.9. The molecule has 0 saturated heterocycles. The number of hydrogen-bond donors (Lipinski definition) is 4. The van der Waals surface area contributed by atoms with Crippen molar-refractivity contribution in [1.82, 2.24) is 20.5 Å². The maximum absolute atomic E-state index is 13.0. The van der Waals surface area contributed by atoms with Crippen LogP contribution in [0.15, 0.2) is 48.5 Å². The van der Waals surface area contributed by atoms with E-state index < -0.39 is 0 Å². The molecule has 1 aliphatic heterocycles. The fraction of sp³-hybridized carbons (Fsp3) is 0.276. The molecule has 1 aromatic heterocycles. The van der Waals surface area contributed by atoms with Crippen LogP contribution in [0, 0.1) is 13.8 Å². The van der Waals surface area contributed by atoms with E-state index in [4.69, 9.17) is 0 Å². The molecule has 2 aromatic carbocycles. The molecule has 8 nitrogen and oxygen atoms in total. The van der Waals surface area contributed by atoms with E-state index in [9.17, 15) is 14.4 Å². The number of aryl methyl sites for hydroxylation is 1. The normalized spacial score (nSPS) is 14.4. The summed E-state index contributed by atoms with van der Waals surface area (Å²) in [6.07, 6.45) is 1.74. The summed E-state index contributed by atoms with van der Waals surface area (Å²) in [4.78, 5) is 43.9. The second-order valence-corrected chi connectivity index (χ2v) is 9.60. The summed E-state index contributed by atoms with van der Waals surface area (Å²) >= 11 is 0. The number of rotatable bonds is 8. The van der Waals surface area contributed by atoms with Gasteiger partial charge in [0.05, 0.1) is 17.2 Å². The van der Waals surface area contributed by atoms with Crippen LogP contribution in [0.5, 0.6) is 0 Å². The number of aromatic amines is 1. The Morgan fingerprint density at radius 2 is 1.78 bits per heavy atom. The molecule has 0 fully saturated rings. The largest absolute Gasteiger partial charge is 0.358 e. The van der Waals surface area contributed by atoms with Gasteiger partial charge in [-0.3, -0.25) is 14.4 Å². The topological polar surface area (TPSA) is 106 Å². The minimum atomic E-state index is -0.256. The first kappa shape index (κ1) is 25.9. The summed E-state index contributed by atoms with van der Waals surface area (Å²) < 4.78 is 0. The lowest BCUT2D eigenvalue weighted by molar-refractivity contribution is -0.110. The number of H-pyrrole nitrogens is 1. The third-order valence-corrected chi connectivity index (χ3v) is 6.55. The number of hydrogen-bond acceptors (Lipinski definition) is 4. The van der Waals surface area contributed by atoms with Gasteiger partial charge in [0.1, 0.15) is 0 Å². The third-order valence-electron chi connectivity index (χ3n) is 6.55. The second kappa shape index (κ2) is 10.8. The average molecular weight is 500 g/mol. The van der Waals surface area contributed by atoms with E-state index in [0.29, 0.717) is 40.2 Å². The minimum Gasteiger partial charge on any atom is -0.358 e. The smallest absolute Gasteiger partial charge is 0.256 e. The van der Waals surface area contributed by atoms with E-state index in [1.54, 1.807) is 24.3 Å². The van der Waals surface area contributed by atoms with Gasteiger partial charge >= 0.3 is 0 Å². The first-order chi connectivity index (χ1) is 17.7. The summed E-state index contributed by atoms with van der Waals surface area (Å²) in [6, 6.07) is 14.8. The Kier molecular flexibility index (Phi) is 7.59. The van der Waals surface area contributed by atoms with Crippen LogP contribution in [0.4, 0.5) is 5.69 Å². The highest BCUT2D eigenvalue weighted by molar-refractivity contribution is 6.35. The highest BCUT2D eigenvalue weighted by Gasteiger charge is 2.27. The van der Waals surface area contributed by atoms with Crippen LogP contribution in [0.1, 0.15) is 61.8 Å². The number of nitrogens with one attached hydrogen (secondary N) is 4. The van der Waals surface area contributed by atoms with Gasteiger partial charge in [-0.15, -0.1) is 0 Å². The molecule has 0 bridgehead atoms. The number of aromatic nitrogens is 1. The van der Waals surface area contributed by atoms with Crippen LogP contribution in [0.3, 0.4) is 0 Å². The van der Waals surface area contributed by atoms with E-state index in [1.807, 2.05) is 70.1 Å². The van der Waals surface area contributed by atoms with E-state index in [2.05, 4.69) is 20.9 Å². The Morgan fingerprint density at radius 1 is 1.05 bits per heavy atom. The van der Waals surface area contributed by atoms with Crippen molar-refractivity contribution in [1.29, 1.82) is 0 Å². The lowest BCUT2D eigenvalue weighted by Crippen LogP contribution is -2.31. The van der Waals surface area contributed by atoms with Gasteiger partial charge in [0, 0.05) is 41.3 Å². The van der Waals surface area contributed by atoms with Crippen molar-refractivity contribution < 1.29 is 14.4 Å². The maximum Gasteiger partial charge on any atom is 0.256 e. The number of carbonyl (C=O) groups excluding carboxylic acids is 3. The molecule has 1 atom stereocenters. The van der Waals surface area contributed by atoms with Gasteiger partial charge in [-0.2, -0.15) is 0 Å². The fourth-order valence-corrected chi connectivity index (χ4v) is 4.46. The lowest BCUT2D eigenvalue weighted by atomic mass is 10.0. The van der Waals surface area contributed by atoms with Crippen molar-refractivity contribution in [3.8, 4) is 0 Å². The highest BCUT2D eigenvalue weighted by Crippen LogP contribution is 2.35. The molecular formula is C29H33N5O3. The Morgan fingerprint density at radius 3 is 2.49 bits per heavy atom. The molecule has 2 heterocycles. The van der Waals surface area contributed by atoms with Crippen LogP contribution in [-0.2, 0) is 4.79 Å². The van der Waals surface area contributed by atoms with Crippen LogP contribution >= 0.6 is 0 Å². The summed E-state index contributed by atoms with van der Waals surface area (Å²) in [6.45, 7) is 6.91. The Labute approximate surface area is 217 Å². The van der Waals surface area contributed by atoms with E-state index in [0.717, 1.165) is 23.4 Å². The minimum absolute atomic E-state index is 0.152. The van der Waals surface area contributed by atoms with Crippen LogP contribution < -0.4 is 16.0 Å². The van der Waals surface area contributed by atoms with Gasteiger partial charge in [-0.25, -0.2) is 0 Å². The van der Waals surface area contributed by atoms with Crippen molar-refractivity contribution >= 4 is 35.1 Å². The molecule has 3 amide bonds. The molecule has 4 N–H and O–H groups in total. The number of fused-ring (bicyclic) bond motifs is 1. The molecular weight excluding hydrogens is 466 g/mol. The number of likely N-dealkylation sites (N-methyl/N-ethyl adjacent to an activating group) is 1. The molecule has 0 unspecified atom stereocenters. The third kappa shape index (κ3) is 5.65. The second-order valence-electron chi connectivity index (χ2n) is 9.60. The number of amides is 3. The first-order valence-corrected chi connectivity index (χ1v) is 12.3. The predicted octanol–water partition coefficient (Wildman–Crippen LogP) is 3.91. The van der Waals surface area contributed by atoms with Gasteiger partial charge in [0.25, 0.3) is 17.7 Å². The van der Waals surface area contributed by atoms with Gasteiger partial charge in [0.2, 0.25) is 0 Å². The summed E-state index contributed by atoms with van der Waals surface area (Å²) in [5, 5.41) is 8.83. The molecule has 0 spiro atoms. The highest BCUT2D eigenvalue weighted by atomic mass is 16.2. The molecule has 0 aliphatic carbocycles. The van der Waals surface area contributed by atoms with Gasteiger partial charge < -0.3 is 25.8 Å². The van der Waals surface area contributed by atoms with Gasteiger partial charge in [0.15, 0.2) is 0 Å². The zero-order valence-electron chi connectivity index (χ0n) is 21.9. The molecule has 192 valence electrons. The summed E-state index contributed by atoms with van der Waals surface area (Å²) in [5.41, 5.74) is 5.95. The molecule has 0 saturated carbocycles. The van der Waals surface area contributed by atoms with Crippen LogP contribution in [-0.4, -0.2) is 54.8 Å². The van der Waals surface area contributed by atoms with Crippen molar-refractivity contribution in [2.75, 3.05) is 32.5 Å². The average Bonchev–Trinajstić information content (AvgIpc) is 3.33. The van der Waals surface area contributed by atoms with E-state index in [1.165, 1.54) is 0 Å². The molecule has 4 rings (SSSR count). The Balaban J connectivity index is 1.58.